The molecule has 1 aliphatic rings. The first-order chi connectivity index (χ1) is 20.1. The Morgan fingerprint density at radius 3 is 2.10 bits per heavy atom. The second kappa shape index (κ2) is 19.7. The normalized spacial score (nSPS) is 17.7. The van der Waals surface area contributed by atoms with Gasteiger partial charge in [-0.05, 0) is 60.8 Å². The molecule has 2 aromatic carbocycles. The van der Waals surface area contributed by atoms with Gasteiger partial charge in [-0.3, -0.25) is 0 Å². The monoisotopic (exact) mass is 561 g/mol. The fraction of sp³-hybridized carbons (Fsp3) is 0.658. The van der Waals surface area contributed by atoms with Crippen LogP contribution in [0.4, 0.5) is 4.39 Å². The molecule has 0 saturated heterocycles. The van der Waals surface area contributed by atoms with Gasteiger partial charge < -0.3 is 4.74 Å². The Morgan fingerprint density at radius 1 is 0.805 bits per heavy atom. The summed E-state index contributed by atoms with van der Waals surface area (Å²) in [5.41, 5.74) is 2.71. The molecule has 2 aromatic rings. The van der Waals surface area contributed by atoms with Gasteiger partial charge in [-0.2, -0.15) is 5.26 Å². The highest BCUT2D eigenvalue weighted by atomic mass is 19.1. The van der Waals surface area contributed by atoms with E-state index in [2.05, 4.69) is 32.0 Å². The maximum Gasteiger partial charge on any atom is 0.134 e. The number of nitriles is 1. The van der Waals surface area contributed by atoms with Crippen molar-refractivity contribution in [2.75, 3.05) is 6.61 Å². The molecule has 1 atom stereocenters. The first kappa shape index (κ1) is 33.2. The number of hydrogen-bond acceptors (Lipinski definition) is 2. The highest BCUT2D eigenvalue weighted by Crippen LogP contribution is 2.36. The minimum Gasteiger partial charge on any atom is -0.493 e. The lowest BCUT2D eigenvalue weighted by Gasteiger charge is -2.29. The molecule has 0 bridgehead atoms. The molecule has 0 N–H and O–H groups in total. The van der Waals surface area contributed by atoms with Crippen LogP contribution in [-0.4, -0.2) is 6.61 Å². The number of hydrogen-bond donors (Lipinski definition) is 0. The zero-order chi connectivity index (χ0) is 29.1. The van der Waals surface area contributed by atoms with E-state index in [-0.39, 0.29) is 11.7 Å². The number of nitrogens with zero attached hydrogens (tertiary/aromatic N) is 1. The molecule has 3 heteroatoms. The number of rotatable bonds is 20. The Morgan fingerprint density at radius 2 is 1.44 bits per heavy atom. The Labute approximate surface area is 251 Å². The van der Waals surface area contributed by atoms with Gasteiger partial charge in [-0.1, -0.05) is 134 Å². The first-order valence-corrected chi connectivity index (χ1v) is 17.0. The predicted octanol–water partition coefficient (Wildman–Crippen LogP) is 11.9. The third-order valence-electron chi connectivity index (χ3n) is 9.24. The molecule has 1 fully saturated rings. The standard InChI is InChI=1S/C38H56FNO/c1-3-5-7-9-11-13-27-41-36-25-26-37(38(39)29-36)35-23-21-32(22-24-35)17-20-34(30-40)28-33-18-15-31(16-19-33)14-12-10-8-6-4-2/h21-26,29,31,33-34H,3-20,27-28H2,1-2H3/t31-,33-,34?. The molecule has 1 saturated carbocycles. The van der Waals surface area contributed by atoms with E-state index in [1.807, 2.05) is 24.3 Å². The number of ether oxygens (including phenoxy) is 1. The Bertz CT molecular complexity index is 1000. The average Bonchev–Trinajstić information content (AvgIpc) is 3.00. The molecule has 0 amide bonds. The SMILES string of the molecule is CCCCCCCCOc1ccc(-c2ccc(CCC(C#N)C[C@H]3CC[C@H](CCCCCCC)CC3)cc2)c(F)c1. The van der Waals surface area contributed by atoms with Crippen molar-refractivity contribution in [3.63, 3.8) is 0 Å². The van der Waals surface area contributed by atoms with Crippen LogP contribution in [0.15, 0.2) is 42.5 Å². The molecule has 0 spiro atoms. The first-order valence-electron chi connectivity index (χ1n) is 17.0. The Balaban J connectivity index is 1.37. The maximum atomic E-state index is 14.9. The molecule has 0 heterocycles. The summed E-state index contributed by atoms with van der Waals surface area (Å²) < 4.78 is 20.7. The van der Waals surface area contributed by atoms with Gasteiger partial charge in [0.2, 0.25) is 0 Å². The van der Waals surface area contributed by atoms with Gasteiger partial charge in [0.15, 0.2) is 0 Å². The minimum absolute atomic E-state index is 0.131. The molecule has 226 valence electrons. The van der Waals surface area contributed by atoms with E-state index in [4.69, 9.17) is 4.74 Å². The van der Waals surface area contributed by atoms with Crippen molar-refractivity contribution in [2.45, 2.75) is 136 Å². The van der Waals surface area contributed by atoms with Gasteiger partial charge in [-0.15, -0.1) is 0 Å². The van der Waals surface area contributed by atoms with E-state index in [9.17, 15) is 9.65 Å². The quantitative estimate of drug-likeness (QED) is 0.151. The molecule has 1 unspecified atom stereocenters. The second-order valence-electron chi connectivity index (χ2n) is 12.6. The summed E-state index contributed by atoms with van der Waals surface area (Å²) >= 11 is 0. The van der Waals surface area contributed by atoms with Gasteiger partial charge in [0.25, 0.3) is 0 Å². The molecule has 1 aliphatic carbocycles. The summed E-state index contributed by atoms with van der Waals surface area (Å²) in [6.45, 7) is 5.15. The number of unbranched alkanes of at least 4 members (excludes halogenated alkanes) is 9. The van der Waals surface area contributed by atoms with Crippen LogP contribution >= 0.6 is 0 Å². The van der Waals surface area contributed by atoms with Gasteiger partial charge in [-0.25, -0.2) is 4.39 Å². The summed E-state index contributed by atoms with van der Waals surface area (Å²) in [5.74, 6) is 2.14. The highest BCUT2D eigenvalue weighted by molar-refractivity contribution is 5.65. The summed E-state index contributed by atoms with van der Waals surface area (Å²) in [4.78, 5) is 0. The van der Waals surface area contributed by atoms with E-state index in [1.165, 1.54) is 108 Å². The third kappa shape index (κ3) is 12.6. The van der Waals surface area contributed by atoms with Crippen molar-refractivity contribution in [2.24, 2.45) is 17.8 Å². The fourth-order valence-electron chi connectivity index (χ4n) is 6.51. The van der Waals surface area contributed by atoms with E-state index < -0.39 is 0 Å². The largest absolute Gasteiger partial charge is 0.493 e. The molecule has 3 rings (SSSR count). The summed E-state index contributed by atoms with van der Waals surface area (Å²) in [5, 5.41) is 9.83. The average molecular weight is 562 g/mol. The van der Waals surface area contributed by atoms with Gasteiger partial charge in [0.1, 0.15) is 11.6 Å². The van der Waals surface area contributed by atoms with Crippen LogP contribution in [0.25, 0.3) is 11.1 Å². The lowest BCUT2D eigenvalue weighted by molar-refractivity contribution is 0.233. The van der Waals surface area contributed by atoms with Gasteiger partial charge in [0.05, 0.1) is 12.7 Å². The topological polar surface area (TPSA) is 33.0 Å². The number of benzene rings is 2. The second-order valence-corrected chi connectivity index (χ2v) is 12.6. The molecule has 2 nitrogen and oxygen atoms in total. The Kier molecular flexibility index (Phi) is 16.0. The van der Waals surface area contributed by atoms with Crippen LogP contribution in [0.3, 0.4) is 0 Å². The molecule has 0 aliphatic heterocycles. The fourth-order valence-corrected chi connectivity index (χ4v) is 6.51. The van der Waals surface area contributed by atoms with Gasteiger partial charge in [0, 0.05) is 17.5 Å². The predicted molar refractivity (Wildman–Crippen MR) is 172 cm³/mol. The summed E-state index contributed by atoms with van der Waals surface area (Å²) in [6.07, 6.45) is 23.8. The molecule has 0 radical (unpaired) electrons. The van der Waals surface area contributed by atoms with Crippen molar-refractivity contribution in [3.8, 4) is 22.9 Å². The van der Waals surface area contributed by atoms with E-state index in [0.29, 0.717) is 17.9 Å². The van der Waals surface area contributed by atoms with Crippen LogP contribution in [0, 0.1) is 34.9 Å². The minimum atomic E-state index is -0.242. The molecular weight excluding hydrogens is 505 g/mol. The summed E-state index contributed by atoms with van der Waals surface area (Å²) in [7, 11) is 0. The van der Waals surface area contributed by atoms with Gasteiger partial charge >= 0.3 is 0 Å². The van der Waals surface area contributed by atoms with E-state index in [1.54, 1.807) is 0 Å². The molecular formula is C38H56FNO. The van der Waals surface area contributed by atoms with Crippen molar-refractivity contribution in [1.29, 1.82) is 5.26 Å². The zero-order valence-electron chi connectivity index (χ0n) is 26.1. The molecule has 41 heavy (non-hydrogen) atoms. The van der Waals surface area contributed by atoms with E-state index >= 15 is 0 Å². The third-order valence-corrected chi connectivity index (χ3v) is 9.24. The van der Waals surface area contributed by atoms with Crippen LogP contribution in [0.1, 0.15) is 135 Å². The lowest BCUT2D eigenvalue weighted by Crippen LogP contribution is -2.17. The lowest BCUT2D eigenvalue weighted by atomic mass is 9.76. The highest BCUT2D eigenvalue weighted by Gasteiger charge is 2.23. The number of aryl methyl sites for hydroxylation is 1. The summed E-state index contributed by atoms with van der Waals surface area (Å²) in [6, 6.07) is 16.0. The number of halogens is 1. The van der Waals surface area contributed by atoms with Crippen molar-refractivity contribution >= 4 is 0 Å². The van der Waals surface area contributed by atoms with Crippen LogP contribution in [0.2, 0.25) is 0 Å². The zero-order valence-corrected chi connectivity index (χ0v) is 26.1. The van der Waals surface area contributed by atoms with Crippen molar-refractivity contribution < 1.29 is 9.13 Å². The van der Waals surface area contributed by atoms with Crippen LogP contribution < -0.4 is 4.74 Å². The van der Waals surface area contributed by atoms with Crippen molar-refractivity contribution in [1.82, 2.24) is 0 Å². The molecule has 0 aromatic heterocycles. The van der Waals surface area contributed by atoms with Crippen molar-refractivity contribution in [3.05, 3.63) is 53.8 Å². The maximum absolute atomic E-state index is 14.9. The van der Waals surface area contributed by atoms with Crippen LogP contribution in [-0.2, 0) is 6.42 Å². The van der Waals surface area contributed by atoms with Crippen LogP contribution in [0.5, 0.6) is 5.75 Å². The smallest absolute Gasteiger partial charge is 0.134 e. The van der Waals surface area contributed by atoms with E-state index in [0.717, 1.165) is 43.1 Å². The Hall–Kier alpha value is -2.34.